The Bertz CT molecular complexity index is 405. The molecule has 1 amide bonds. The molecule has 1 aliphatic rings. The normalized spacial score (nSPS) is 21.3. The van der Waals surface area contributed by atoms with E-state index >= 15 is 0 Å². The van der Waals surface area contributed by atoms with Crippen molar-refractivity contribution in [2.45, 2.75) is 25.8 Å². The maximum atomic E-state index is 11.8. The van der Waals surface area contributed by atoms with Crippen molar-refractivity contribution in [3.05, 3.63) is 30.3 Å². The molecule has 104 valence electrons. The second-order valence-electron chi connectivity index (χ2n) is 5.37. The number of carbonyl (C=O) groups excluding carboxylic acids is 1. The monoisotopic (exact) mass is 261 g/mol. The van der Waals surface area contributed by atoms with E-state index in [9.17, 15) is 4.79 Å². The average Bonchev–Trinajstić information content (AvgIpc) is 2.86. The molecule has 1 saturated heterocycles. The zero-order valence-electron chi connectivity index (χ0n) is 11.5. The number of anilines is 1. The Morgan fingerprint density at radius 2 is 2.21 bits per heavy atom. The number of carbonyl (C=O) groups is 1. The number of nitrogens with one attached hydrogen (secondary N) is 1. The van der Waals surface area contributed by atoms with Gasteiger partial charge in [0.15, 0.2) is 0 Å². The average molecular weight is 261 g/mol. The lowest BCUT2D eigenvalue weighted by atomic mass is 10.0. The van der Waals surface area contributed by atoms with E-state index in [0.29, 0.717) is 12.3 Å². The SMILES string of the molecule is CC(N)C1CCN(CCC(=O)Nc2ccccc2)C1. The van der Waals surface area contributed by atoms with Crippen LogP contribution in [0.25, 0.3) is 0 Å². The highest BCUT2D eigenvalue weighted by atomic mass is 16.1. The molecule has 3 N–H and O–H groups in total. The van der Waals surface area contributed by atoms with E-state index in [0.717, 1.165) is 31.7 Å². The summed E-state index contributed by atoms with van der Waals surface area (Å²) in [7, 11) is 0. The fraction of sp³-hybridized carbons (Fsp3) is 0.533. The van der Waals surface area contributed by atoms with Crippen LogP contribution in [0, 0.1) is 5.92 Å². The minimum absolute atomic E-state index is 0.0791. The Balaban J connectivity index is 1.70. The molecule has 0 aromatic heterocycles. The van der Waals surface area contributed by atoms with Crippen LogP contribution >= 0.6 is 0 Å². The van der Waals surface area contributed by atoms with Gasteiger partial charge >= 0.3 is 0 Å². The number of benzene rings is 1. The third-order valence-corrected chi connectivity index (χ3v) is 3.77. The third-order valence-electron chi connectivity index (χ3n) is 3.77. The maximum absolute atomic E-state index is 11.8. The van der Waals surface area contributed by atoms with E-state index in [-0.39, 0.29) is 11.9 Å². The Morgan fingerprint density at radius 1 is 1.47 bits per heavy atom. The number of likely N-dealkylation sites (tertiary alicyclic amines) is 1. The molecule has 0 bridgehead atoms. The number of hydrogen-bond donors (Lipinski definition) is 2. The molecule has 4 heteroatoms. The zero-order valence-corrected chi connectivity index (χ0v) is 11.5. The lowest BCUT2D eigenvalue weighted by Gasteiger charge is -2.17. The summed E-state index contributed by atoms with van der Waals surface area (Å²) in [6, 6.07) is 9.84. The zero-order chi connectivity index (χ0) is 13.7. The van der Waals surface area contributed by atoms with Gasteiger partial charge in [0.25, 0.3) is 0 Å². The van der Waals surface area contributed by atoms with Gasteiger partial charge in [-0.1, -0.05) is 18.2 Å². The van der Waals surface area contributed by atoms with Gasteiger partial charge in [-0.05, 0) is 37.9 Å². The molecule has 2 atom stereocenters. The molecule has 0 aliphatic carbocycles. The fourth-order valence-corrected chi connectivity index (χ4v) is 2.50. The molecule has 1 aromatic carbocycles. The van der Waals surface area contributed by atoms with Crippen molar-refractivity contribution in [1.82, 2.24) is 4.90 Å². The first-order chi connectivity index (χ1) is 9.15. The number of hydrogen-bond acceptors (Lipinski definition) is 3. The molecule has 1 heterocycles. The van der Waals surface area contributed by atoms with Crippen LogP contribution in [0.5, 0.6) is 0 Å². The molecular formula is C15H23N3O. The van der Waals surface area contributed by atoms with Gasteiger partial charge in [0.1, 0.15) is 0 Å². The molecule has 0 saturated carbocycles. The summed E-state index contributed by atoms with van der Waals surface area (Å²) in [5, 5.41) is 2.91. The lowest BCUT2D eigenvalue weighted by Crippen LogP contribution is -2.31. The highest BCUT2D eigenvalue weighted by Crippen LogP contribution is 2.18. The summed E-state index contributed by atoms with van der Waals surface area (Å²) in [5.41, 5.74) is 6.78. The van der Waals surface area contributed by atoms with E-state index in [2.05, 4.69) is 17.1 Å². The van der Waals surface area contributed by atoms with Crippen molar-refractivity contribution in [3.63, 3.8) is 0 Å². The summed E-state index contributed by atoms with van der Waals surface area (Å²) in [6.07, 6.45) is 1.69. The largest absolute Gasteiger partial charge is 0.328 e. The molecule has 2 unspecified atom stereocenters. The van der Waals surface area contributed by atoms with Crippen LogP contribution in [0.1, 0.15) is 19.8 Å². The minimum Gasteiger partial charge on any atom is -0.328 e. The van der Waals surface area contributed by atoms with Gasteiger partial charge in [0.05, 0.1) is 0 Å². The van der Waals surface area contributed by atoms with Gasteiger partial charge in [-0.3, -0.25) is 4.79 Å². The summed E-state index contributed by atoms with van der Waals surface area (Å²) < 4.78 is 0. The Kier molecular flexibility index (Phi) is 4.93. The Hall–Kier alpha value is -1.39. The summed E-state index contributed by atoms with van der Waals surface area (Å²) in [4.78, 5) is 14.2. The van der Waals surface area contributed by atoms with Crippen molar-refractivity contribution in [3.8, 4) is 0 Å². The lowest BCUT2D eigenvalue weighted by molar-refractivity contribution is -0.116. The topological polar surface area (TPSA) is 58.4 Å². The molecule has 2 rings (SSSR count). The van der Waals surface area contributed by atoms with E-state index in [1.165, 1.54) is 0 Å². The molecule has 4 nitrogen and oxygen atoms in total. The van der Waals surface area contributed by atoms with Gasteiger partial charge < -0.3 is 16.0 Å². The van der Waals surface area contributed by atoms with E-state index in [1.807, 2.05) is 30.3 Å². The predicted molar refractivity (Wildman–Crippen MR) is 77.9 cm³/mol. The number of nitrogens with zero attached hydrogens (tertiary/aromatic N) is 1. The molecule has 1 aromatic rings. The van der Waals surface area contributed by atoms with Crippen molar-refractivity contribution in [2.24, 2.45) is 11.7 Å². The molecule has 0 radical (unpaired) electrons. The maximum Gasteiger partial charge on any atom is 0.225 e. The standard InChI is InChI=1S/C15H23N3O/c1-12(16)13-7-9-18(11-13)10-8-15(19)17-14-5-3-2-4-6-14/h2-6,12-13H,7-11,16H2,1H3,(H,17,19). The number of nitrogens with two attached hydrogens (primary N) is 1. The van der Waals surface area contributed by atoms with Crippen molar-refractivity contribution in [2.75, 3.05) is 25.0 Å². The molecule has 19 heavy (non-hydrogen) atoms. The van der Waals surface area contributed by atoms with Gasteiger partial charge in [-0.15, -0.1) is 0 Å². The molecule has 0 spiro atoms. The summed E-state index contributed by atoms with van der Waals surface area (Å²) in [6.45, 7) is 4.97. The van der Waals surface area contributed by atoms with Gasteiger partial charge in [-0.25, -0.2) is 0 Å². The van der Waals surface area contributed by atoms with Gasteiger partial charge in [0, 0.05) is 31.2 Å². The highest BCUT2D eigenvalue weighted by molar-refractivity contribution is 5.90. The van der Waals surface area contributed by atoms with Crippen LogP contribution in [0.3, 0.4) is 0 Å². The van der Waals surface area contributed by atoms with Gasteiger partial charge in [0.2, 0.25) is 5.91 Å². The number of rotatable bonds is 5. The molecule has 1 fully saturated rings. The second kappa shape index (κ2) is 6.68. The first-order valence-electron chi connectivity index (χ1n) is 6.98. The van der Waals surface area contributed by atoms with Crippen molar-refractivity contribution in [1.29, 1.82) is 0 Å². The molecule has 1 aliphatic heterocycles. The molecular weight excluding hydrogens is 238 g/mol. The second-order valence-corrected chi connectivity index (χ2v) is 5.37. The summed E-state index contributed by atoms with van der Waals surface area (Å²) in [5.74, 6) is 0.660. The van der Waals surface area contributed by atoms with Crippen LogP contribution in [0.2, 0.25) is 0 Å². The minimum atomic E-state index is 0.0791. The first-order valence-corrected chi connectivity index (χ1v) is 6.98. The van der Waals surface area contributed by atoms with E-state index in [4.69, 9.17) is 5.73 Å². The predicted octanol–water partition coefficient (Wildman–Crippen LogP) is 1.68. The number of amides is 1. The Labute approximate surface area is 115 Å². The van der Waals surface area contributed by atoms with Crippen LogP contribution in [0.15, 0.2) is 30.3 Å². The van der Waals surface area contributed by atoms with Gasteiger partial charge in [-0.2, -0.15) is 0 Å². The summed E-state index contributed by atoms with van der Waals surface area (Å²) >= 11 is 0. The number of para-hydroxylation sites is 1. The van der Waals surface area contributed by atoms with Crippen LogP contribution in [-0.4, -0.2) is 36.5 Å². The fourth-order valence-electron chi connectivity index (χ4n) is 2.50. The highest BCUT2D eigenvalue weighted by Gasteiger charge is 2.25. The smallest absolute Gasteiger partial charge is 0.225 e. The van der Waals surface area contributed by atoms with Crippen LogP contribution in [0.4, 0.5) is 5.69 Å². The first kappa shape index (κ1) is 14.0. The van der Waals surface area contributed by atoms with Crippen LogP contribution < -0.4 is 11.1 Å². The quantitative estimate of drug-likeness (QED) is 0.848. The van der Waals surface area contributed by atoms with Crippen molar-refractivity contribution < 1.29 is 4.79 Å². The Morgan fingerprint density at radius 3 is 2.84 bits per heavy atom. The third kappa shape index (κ3) is 4.33. The van der Waals surface area contributed by atoms with Crippen LogP contribution in [-0.2, 0) is 4.79 Å². The van der Waals surface area contributed by atoms with E-state index < -0.39 is 0 Å². The van der Waals surface area contributed by atoms with E-state index in [1.54, 1.807) is 0 Å². The van der Waals surface area contributed by atoms with Crippen molar-refractivity contribution >= 4 is 11.6 Å².